The zero-order valence-electron chi connectivity index (χ0n) is 11.0. The molecule has 0 aliphatic carbocycles. The summed E-state index contributed by atoms with van der Waals surface area (Å²) in [6, 6.07) is 8.52. The lowest BCUT2D eigenvalue weighted by Crippen LogP contribution is -2.45. The molecule has 0 saturated carbocycles. The lowest BCUT2D eigenvalue weighted by atomic mass is 10.0. The molecule has 1 aliphatic heterocycles. The molecule has 1 heterocycles. The van der Waals surface area contributed by atoms with Gasteiger partial charge in [0, 0.05) is 32.2 Å². The van der Waals surface area contributed by atoms with Gasteiger partial charge in [-0.05, 0) is 33.6 Å². The van der Waals surface area contributed by atoms with E-state index in [1.165, 1.54) is 0 Å². The molecule has 1 saturated heterocycles. The maximum atomic E-state index is 9.07. The fraction of sp³-hybridized carbons (Fsp3) is 0.500. The van der Waals surface area contributed by atoms with Gasteiger partial charge in [-0.2, -0.15) is 5.26 Å². The Balaban J connectivity index is 2.23. The Labute approximate surface area is 122 Å². The molecule has 1 fully saturated rings. The highest BCUT2D eigenvalue weighted by Gasteiger charge is 2.22. The minimum Gasteiger partial charge on any atom is -0.496 e. The molecule has 5 heteroatoms. The molecular weight excluding hydrogens is 306 g/mol. The van der Waals surface area contributed by atoms with Crippen LogP contribution in [-0.4, -0.2) is 38.2 Å². The van der Waals surface area contributed by atoms with Gasteiger partial charge in [0.15, 0.2) is 0 Å². The van der Waals surface area contributed by atoms with Gasteiger partial charge in [0.1, 0.15) is 5.75 Å². The zero-order valence-corrected chi connectivity index (χ0v) is 12.6. The minimum absolute atomic E-state index is 0.161. The van der Waals surface area contributed by atoms with Crippen LogP contribution in [0.4, 0.5) is 0 Å². The van der Waals surface area contributed by atoms with Gasteiger partial charge >= 0.3 is 0 Å². The molecular formula is C14H18BrN3O. The van der Waals surface area contributed by atoms with Crippen LogP contribution in [0, 0.1) is 11.3 Å². The quantitative estimate of drug-likeness (QED) is 0.923. The van der Waals surface area contributed by atoms with E-state index in [0.29, 0.717) is 6.42 Å². The molecule has 0 spiro atoms. The summed E-state index contributed by atoms with van der Waals surface area (Å²) < 4.78 is 6.19. The summed E-state index contributed by atoms with van der Waals surface area (Å²) in [7, 11) is 1.66. The van der Waals surface area contributed by atoms with Crippen molar-refractivity contribution in [2.24, 2.45) is 0 Å². The van der Waals surface area contributed by atoms with Crippen molar-refractivity contribution in [1.82, 2.24) is 10.2 Å². The highest BCUT2D eigenvalue weighted by Crippen LogP contribution is 2.31. The standard InChI is InChI=1S/C14H18BrN3O/c1-19-14-3-2-11(10-12(14)15)13(4-5-16)18-8-6-17-7-9-18/h2-3,10,13,17H,4,6-9H2,1H3/t13-/m0/s1. The summed E-state index contributed by atoms with van der Waals surface area (Å²) in [5.41, 5.74) is 1.16. The van der Waals surface area contributed by atoms with Gasteiger partial charge in [-0.25, -0.2) is 0 Å². The van der Waals surface area contributed by atoms with Crippen LogP contribution in [0.25, 0.3) is 0 Å². The van der Waals surface area contributed by atoms with Gasteiger partial charge < -0.3 is 10.1 Å². The molecule has 102 valence electrons. The average Bonchev–Trinajstić information content (AvgIpc) is 2.45. The van der Waals surface area contributed by atoms with Gasteiger partial charge in [0.2, 0.25) is 0 Å². The lowest BCUT2D eigenvalue weighted by molar-refractivity contribution is 0.175. The molecule has 1 N–H and O–H groups in total. The third-order valence-electron chi connectivity index (χ3n) is 3.44. The van der Waals surface area contributed by atoms with E-state index in [9.17, 15) is 0 Å². The van der Waals surface area contributed by atoms with Crippen LogP contribution in [0.15, 0.2) is 22.7 Å². The molecule has 0 bridgehead atoms. The van der Waals surface area contributed by atoms with E-state index >= 15 is 0 Å². The molecule has 19 heavy (non-hydrogen) atoms. The van der Waals surface area contributed by atoms with Gasteiger partial charge in [-0.3, -0.25) is 4.90 Å². The Morgan fingerprint density at radius 3 is 2.79 bits per heavy atom. The fourth-order valence-electron chi connectivity index (χ4n) is 2.43. The van der Waals surface area contributed by atoms with Gasteiger partial charge in [-0.15, -0.1) is 0 Å². The van der Waals surface area contributed by atoms with E-state index in [1.807, 2.05) is 12.1 Å². The number of hydrogen-bond donors (Lipinski definition) is 1. The molecule has 0 amide bonds. The minimum atomic E-state index is 0.161. The molecule has 1 aliphatic rings. The highest BCUT2D eigenvalue weighted by atomic mass is 79.9. The van der Waals surface area contributed by atoms with Gasteiger partial charge in [0.25, 0.3) is 0 Å². The summed E-state index contributed by atoms with van der Waals surface area (Å²) in [6.45, 7) is 3.94. The van der Waals surface area contributed by atoms with Crippen LogP contribution in [0.3, 0.4) is 0 Å². The number of piperazine rings is 1. The lowest BCUT2D eigenvalue weighted by Gasteiger charge is -2.34. The van der Waals surface area contributed by atoms with Crippen molar-refractivity contribution in [2.45, 2.75) is 12.5 Å². The van der Waals surface area contributed by atoms with Gasteiger partial charge in [0.05, 0.1) is 24.1 Å². The van der Waals surface area contributed by atoms with Crippen LogP contribution >= 0.6 is 15.9 Å². The van der Waals surface area contributed by atoms with Crippen molar-refractivity contribution in [3.05, 3.63) is 28.2 Å². The second kappa shape index (κ2) is 6.90. The van der Waals surface area contributed by atoms with E-state index in [2.05, 4.69) is 38.3 Å². The number of hydrogen-bond acceptors (Lipinski definition) is 4. The SMILES string of the molecule is COc1ccc([C@H](CC#N)N2CCNCC2)cc1Br. The number of rotatable bonds is 4. The molecule has 2 rings (SSSR count). The summed E-state index contributed by atoms with van der Waals surface area (Å²) in [5, 5.41) is 12.4. The normalized spacial score (nSPS) is 17.7. The topological polar surface area (TPSA) is 48.3 Å². The predicted molar refractivity (Wildman–Crippen MR) is 78.1 cm³/mol. The molecule has 1 aromatic rings. The number of methoxy groups -OCH3 is 1. The molecule has 0 radical (unpaired) electrons. The number of benzene rings is 1. The second-order valence-electron chi connectivity index (χ2n) is 4.56. The maximum Gasteiger partial charge on any atom is 0.133 e. The van der Waals surface area contributed by atoms with Gasteiger partial charge in [-0.1, -0.05) is 6.07 Å². The molecule has 1 aromatic carbocycles. The Bertz CT molecular complexity index is 466. The summed E-state index contributed by atoms with van der Waals surface area (Å²) in [5.74, 6) is 0.819. The highest BCUT2D eigenvalue weighted by molar-refractivity contribution is 9.10. The molecule has 1 atom stereocenters. The number of ether oxygens (including phenoxy) is 1. The average molecular weight is 324 g/mol. The predicted octanol–water partition coefficient (Wildman–Crippen LogP) is 2.32. The van der Waals surface area contributed by atoms with Crippen LogP contribution in [-0.2, 0) is 0 Å². The first-order chi connectivity index (χ1) is 9.26. The maximum absolute atomic E-state index is 9.07. The monoisotopic (exact) mass is 323 g/mol. The Hall–Kier alpha value is -1.09. The molecule has 0 unspecified atom stereocenters. The van der Waals surface area contributed by atoms with Crippen LogP contribution in [0.5, 0.6) is 5.75 Å². The van der Waals surface area contributed by atoms with Crippen molar-refractivity contribution in [3.63, 3.8) is 0 Å². The van der Waals surface area contributed by atoms with E-state index in [0.717, 1.165) is 42.0 Å². The Kier molecular flexibility index (Phi) is 5.20. The van der Waals surface area contributed by atoms with Crippen molar-refractivity contribution in [2.75, 3.05) is 33.3 Å². The summed E-state index contributed by atoms with van der Waals surface area (Å²) in [4.78, 5) is 2.37. The summed E-state index contributed by atoms with van der Waals surface area (Å²) in [6.07, 6.45) is 0.513. The van der Waals surface area contributed by atoms with E-state index < -0.39 is 0 Å². The van der Waals surface area contributed by atoms with E-state index in [1.54, 1.807) is 7.11 Å². The Morgan fingerprint density at radius 1 is 1.47 bits per heavy atom. The number of halogens is 1. The Morgan fingerprint density at radius 2 is 2.21 bits per heavy atom. The largest absolute Gasteiger partial charge is 0.496 e. The van der Waals surface area contributed by atoms with E-state index in [4.69, 9.17) is 10.00 Å². The third-order valence-corrected chi connectivity index (χ3v) is 4.06. The fourth-order valence-corrected chi connectivity index (χ4v) is 2.99. The molecule has 4 nitrogen and oxygen atoms in total. The van der Waals surface area contributed by atoms with Crippen molar-refractivity contribution in [3.8, 4) is 11.8 Å². The third kappa shape index (κ3) is 3.47. The number of nitriles is 1. The smallest absolute Gasteiger partial charge is 0.133 e. The number of nitrogens with one attached hydrogen (secondary N) is 1. The van der Waals surface area contributed by atoms with Crippen molar-refractivity contribution >= 4 is 15.9 Å². The number of nitrogens with zero attached hydrogens (tertiary/aromatic N) is 2. The second-order valence-corrected chi connectivity index (χ2v) is 5.41. The summed E-state index contributed by atoms with van der Waals surface area (Å²) >= 11 is 3.51. The zero-order chi connectivity index (χ0) is 13.7. The van der Waals surface area contributed by atoms with Crippen molar-refractivity contribution in [1.29, 1.82) is 5.26 Å². The molecule has 0 aromatic heterocycles. The van der Waals surface area contributed by atoms with E-state index in [-0.39, 0.29) is 6.04 Å². The first-order valence-electron chi connectivity index (χ1n) is 6.41. The van der Waals surface area contributed by atoms with Crippen LogP contribution in [0.2, 0.25) is 0 Å². The van der Waals surface area contributed by atoms with Crippen LogP contribution in [0.1, 0.15) is 18.0 Å². The van der Waals surface area contributed by atoms with Crippen LogP contribution < -0.4 is 10.1 Å². The van der Waals surface area contributed by atoms with Crippen molar-refractivity contribution < 1.29 is 4.74 Å². The first-order valence-corrected chi connectivity index (χ1v) is 7.20. The first kappa shape index (κ1) is 14.3.